The summed E-state index contributed by atoms with van der Waals surface area (Å²) in [4.78, 5) is 11.3. The van der Waals surface area contributed by atoms with Gasteiger partial charge in [-0.25, -0.2) is 0 Å². The Morgan fingerprint density at radius 2 is 2.13 bits per heavy atom. The second-order valence-corrected chi connectivity index (χ2v) is 4.67. The van der Waals surface area contributed by atoms with E-state index in [1.807, 2.05) is 6.92 Å². The maximum absolute atomic E-state index is 11.3. The minimum atomic E-state index is -0.0771. The van der Waals surface area contributed by atoms with Crippen molar-refractivity contribution in [2.24, 2.45) is 0 Å². The van der Waals surface area contributed by atoms with Crippen molar-refractivity contribution in [3.8, 4) is 0 Å². The van der Waals surface area contributed by atoms with Gasteiger partial charge in [-0.15, -0.1) is 0 Å². The van der Waals surface area contributed by atoms with Crippen LogP contribution >= 0.6 is 27.5 Å². The van der Waals surface area contributed by atoms with Crippen LogP contribution < -0.4 is 0 Å². The Hall–Kier alpha value is -0.800. The Labute approximate surface area is 100 Å². The molecular weight excluding hydrogens is 279 g/mol. The molecule has 1 heterocycles. The van der Waals surface area contributed by atoms with Crippen molar-refractivity contribution < 1.29 is 9.21 Å². The van der Waals surface area contributed by atoms with Crippen molar-refractivity contribution in [2.45, 2.75) is 13.8 Å². The second-order valence-electron chi connectivity index (χ2n) is 3.38. The molecular formula is C11H8BrClO2. The van der Waals surface area contributed by atoms with E-state index in [1.165, 1.54) is 6.92 Å². The predicted octanol–water partition coefficient (Wildman–Crippen LogP) is 4.36. The predicted molar refractivity (Wildman–Crippen MR) is 63.7 cm³/mol. The Bertz CT molecular complexity index is 557. The monoisotopic (exact) mass is 286 g/mol. The number of rotatable bonds is 1. The van der Waals surface area contributed by atoms with E-state index in [2.05, 4.69) is 15.9 Å². The van der Waals surface area contributed by atoms with Crippen LogP contribution in [0.4, 0.5) is 0 Å². The molecule has 0 unspecified atom stereocenters. The normalized spacial score (nSPS) is 10.9. The van der Waals surface area contributed by atoms with E-state index in [0.29, 0.717) is 16.4 Å². The minimum absolute atomic E-state index is 0.0771. The number of furan rings is 1. The zero-order valence-corrected chi connectivity index (χ0v) is 10.6. The molecule has 0 N–H and O–H groups in total. The molecule has 0 fully saturated rings. The molecule has 0 radical (unpaired) electrons. The number of carbonyl (C=O) groups is 1. The number of fused-ring (bicyclic) bond motifs is 1. The van der Waals surface area contributed by atoms with Gasteiger partial charge in [0.25, 0.3) is 0 Å². The number of hydrogen-bond donors (Lipinski definition) is 0. The smallest absolute Gasteiger partial charge is 0.195 e. The molecule has 0 saturated carbocycles. The molecule has 2 aromatic rings. The van der Waals surface area contributed by atoms with E-state index < -0.39 is 0 Å². The molecule has 0 spiro atoms. The van der Waals surface area contributed by atoms with E-state index in [4.69, 9.17) is 16.0 Å². The highest BCUT2D eigenvalue weighted by Gasteiger charge is 2.16. The van der Waals surface area contributed by atoms with Crippen LogP contribution in [0.2, 0.25) is 5.02 Å². The summed E-state index contributed by atoms with van der Waals surface area (Å²) in [6.45, 7) is 3.34. The van der Waals surface area contributed by atoms with Gasteiger partial charge in [-0.05, 0) is 35.0 Å². The lowest BCUT2D eigenvalue weighted by molar-refractivity contribution is 0.0988. The summed E-state index contributed by atoms with van der Waals surface area (Å²) in [7, 11) is 0. The minimum Gasteiger partial charge on any atom is -0.451 e. The van der Waals surface area contributed by atoms with Gasteiger partial charge in [0.2, 0.25) is 0 Å². The van der Waals surface area contributed by atoms with Gasteiger partial charge in [0.1, 0.15) is 5.58 Å². The van der Waals surface area contributed by atoms with E-state index in [9.17, 15) is 4.79 Å². The van der Waals surface area contributed by atoms with Crippen LogP contribution in [0.15, 0.2) is 21.0 Å². The molecule has 0 atom stereocenters. The molecule has 4 heteroatoms. The Morgan fingerprint density at radius 1 is 1.47 bits per heavy atom. The highest BCUT2D eigenvalue weighted by molar-refractivity contribution is 9.10. The first-order chi connectivity index (χ1) is 7.00. The molecule has 2 rings (SSSR count). The molecule has 0 aliphatic carbocycles. The molecule has 0 aliphatic rings. The fourth-order valence-corrected chi connectivity index (χ4v) is 2.47. The van der Waals surface area contributed by atoms with Crippen LogP contribution in [-0.4, -0.2) is 5.78 Å². The van der Waals surface area contributed by atoms with Crippen LogP contribution in [0, 0.1) is 6.92 Å². The fourth-order valence-electron chi connectivity index (χ4n) is 1.58. The van der Waals surface area contributed by atoms with E-state index in [-0.39, 0.29) is 5.78 Å². The number of aryl methyl sites for hydroxylation is 1. The van der Waals surface area contributed by atoms with Crippen molar-refractivity contribution >= 4 is 44.3 Å². The van der Waals surface area contributed by atoms with E-state index in [1.54, 1.807) is 12.1 Å². The van der Waals surface area contributed by atoms with Gasteiger partial charge in [-0.2, -0.15) is 0 Å². The number of halogens is 2. The van der Waals surface area contributed by atoms with Crippen LogP contribution in [0.5, 0.6) is 0 Å². The average Bonchev–Trinajstić information content (AvgIpc) is 2.44. The summed E-state index contributed by atoms with van der Waals surface area (Å²) in [5, 5.41) is 1.49. The lowest BCUT2D eigenvalue weighted by Crippen LogP contribution is -1.90. The average molecular weight is 288 g/mol. The molecule has 1 aromatic heterocycles. The van der Waals surface area contributed by atoms with Gasteiger partial charge in [0, 0.05) is 22.9 Å². The van der Waals surface area contributed by atoms with Gasteiger partial charge < -0.3 is 4.42 Å². The zero-order valence-electron chi connectivity index (χ0n) is 8.23. The lowest BCUT2D eigenvalue weighted by Gasteiger charge is -1.94. The topological polar surface area (TPSA) is 30.2 Å². The van der Waals surface area contributed by atoms with Gasteiger partial charge in [0.05, 0.1) is 4.47 Å². The van der Waals surface area contributed by atoms with Crippen molar-refractivity contribution in [1.82, 2.24) is 0 Å². The summed E-state index contributed by atoms with van der Waals surface area (Å²) in [5.74, 6) is 0.319. The fraction of sp³-hybridized carbons (Fsp3) is 0.182. The number of carbonyl (C=O) groups excluding carboxylic acids is 1. The van der Waals surface area contributed by atoms with Crippen molar-refractivity contribution in [1.29, 1.82) is 0 Å². The first kappa shape index (κ1) is 10.7. The number of hydrogen-bond acceptors (Lipinski definition) is 2. The molecule has 1 aromatic carbocycles. The maximum Gasteiger partial charge on any atom is 0.195 e. The Kier molecular flexibility index (Phi) is 2.61. The lowest BCUT2D eigenvalue weighted by atomic mass is 10.1. The Morgan fingerprint density at radius 3 is 2.73 bits per heavy atom. The molecule has 0 amide bonds. The van der Waals surface area contributed by atoms with Gasteiger partial charge in [0.15, 0.2) is 11.5 Å². The maximum atomic E-state index is 11.3. The molecule has 78 valence electrons. The number of ketones is 1. The SMILES string of the molecule is CC(=O)c1oc2c(Br)cc(Cl)cc2c1C. The first-order valence-corrected chi connectivity index (χ1v) is 5.57. The molecule has 0 aliphatic heterocycles. The van der Waals surface area contributed by atoms with Gasteiger partial charge in [-0.3, -0.25) is 4.79 Å². The highest BCUT2D eigenvalue weighted by atomic mass is 79.9. The number of benzene rings is 1. The Balaban J connectivity index is 2.88. The summed E-state index contributed by atoms with van der Waals surface area (Å²) in [6, 6.07) is 3.55. The zero-order chi connectivity index (χ0) is 11.2. The summed E-state index contributed by atoms with van der Waals surface area (Å²) < 4.78 is 6.26. The third-order valence-electron chi connectivity index (χ3n) is 2.28. The second kappa shape index (κ2) is 3.65. The first-order valence-electron chi connectivity index (χ1n) is 4.40. The quantitative estimate of drug-likeness (QED) is 0.730. The third-order valence-corrected chi connectivity index (χ3v) is 3.08. The van der Waals surface area contributed by atoms with Crippen LogP contribution in [0.1, 0.15) is 23.0 Å². The summed E-state index contributed by atoms with van der Waals surface area (Å²) >= 11 is 9.28. The third kappa shape index (κ3) is 1.70. The van der Waals surface area contributed by atoms with Crippen molar-refractivity contribution in [3.05, 3.63) is 33.0 Å². The van der Waals surface area contributed by atoms with E-state index in [0.717, 1.165) is 15.4 Å². The summed E-state index contributed by atoms with van der Waals surface area (Å²) in [6.07, 6.45) is 0. The van der Waals surface area contributed by atoms with Crippen molar-refractivity contribution in [2.75, 3.05) is 0 Å². The van der Waals surface area contributed by atoms with Crippen molar-refractivity contribution in [3.63, 3.8) is 0 Å². The van der Waals surface area contributed by atoms with E-state index >= 15 is 0 Å². The molecule has 15 heavy (non-hydrogen) atoms. The summed E-state index contributed by atoms with van der Waals surface area (Å²) in [5.41, 5.74) is 1.50. The molecule has 0 bridgehead atoms. The highest BCUT2D eigenvalue weighted by Crippen LogP contribution is 2.33. The molecule has 2 nitrogen and oxygen atoms in total. The van der Waals surface area contributed by atoms with Crippen LogP contribution in [-0.2, 0) is 0 Å². The standard InChI is InChI=1S/C11H8BrClO2/c1-5-8-3-7(13)4-9(12)11(8)15-10(5)6(2)14/h3-4H,1-2H3. The number of Topliss-reactive ketones (excluding diaryl/α,β-unsaturated/α-hetero) is 1. The van der Waals surface area contributed by atoms with Gasteiger partial charge in [-0.1, -0.05) is 11.6 Å². The van der Waals surface area contributed by atoms with Crippen LogP contribution in [0.25, 0.3) is 11.0 Å². The van der Waals surface area contributed by atoms with Crippen LogP contribution in [0.3, 0.4) is 0 Å². The largest absolute Gasteiger partial charge is 0.451 e. The van der Waals surface area contributed by atoms with Gasteiger partial charge >= 0.3 is 0 Å². The molecule has 0 saturated heterocycles.